The molecule has 26 heavy (non-hydrogen) atoms. The molecular formula is C18H14FN5O2. The number of fused-ring (bicyclic) bond motifs is 2. The lowest BCUT2D eigenvalue weighted by Crippen LogP contribution is -2.32. The van der Waals surface area contributed by atoms with Gasteiger partial charge < -0.3 is 10.3 Å². The fraction of sp³-hybridized carbons (Fsp3) is 0.111. The van der Waals surface area contributed by atoms with Gasteiger partial charge in [0.1, 0.15) is 11.4 Å². The quantitative estimate of drug-likeness (QED) is 0.592. The summed E-state index contributed by atoms with van der Waals surface area (Å²) in [6.45, 7) is 1.75. The summed E-state index contributed by atoms with van der Waals surface area (Å²) in [6, 6.07) is 9.14. The van der Waals surface area contributed by atoms with Gasteiger partial charge in [0.05, 0.1) is 11.6 Å². The van der Waals surface area contributed by atoms with Gasteiger partial charge in [0.15, 0.2) is 11.5 Å². The fourth-order valence-electron chi connectivity index (χ4n) is 2.88. The topological polar surface area (TPSA) is 92.1 Å². The summed E-state index contributed by atoms with van der Waals surface area (Å²) in [4.78, 5) is 27.8. The summed E-state index contributed by atoms with van der Waals surface area (Å²) < 4.78 is 15.5. The number of carbonyl (C=O) groups is 1. The highest BCUT2D eigenvalue weighted by molar-refractivity contribution is 5.97. The summed E-state index contributed by atoms with van der Waals surface area (Å²) in [7, 11) is 0. The number of rotatable bonds is 3. The Morgan fingerprint density at radius 3 is 2.92 bits per heavy atom. The molecule has 1 atom stereocenters. The van der Waals surface area contributed by atoms with Crippen molar-refractivity contribution in [2.24, 2.45) is 0 Å². The third-order valence-electron chi connectivity index (χ3n) is 4.18. The van der Waals surface area contributed by atoms with Crippen molar-refractivity contribution >= 4 is 22.5 Å². The van der Waals surface area contributed by atoms with E-state index in [0.29, 0.717) is 11.5 Å². The molecule has 0 radical (unpaired) electrons. The van der Waals surface area contributed by atoms with Gasteiger partial charge in [-0.3, -0.25) is 14.0 Å². The number of aromatic amines is 1. The average Bonchev–Trinajstić information content (AvgIpc) is 3.07. The molecule has 0 unspecified atom stereocenters. The van der Waals surface area contributed by atoms with Crippen molar-refractivity contribution in [3.63, 3.8) is 0 Å². The van der Waals surface area contributed by atoms with Gasteiger partial charge in [-0.2, -0.15) is 0 Å². The first kappa shape index (κ1) is 15.9. The van der Waals surface area contributed by atoms with E-state index in [1.807, 2.05) is 12.1 Å². The predicted molar refractivity (Wildman–Crippen MR) is 93.4 cm³/mol. The van der Waals surface area contributed by atoms with Gasteiger partial charge in [0, 0.05) is 17.8 Å². The molecule has 130 valence electrons. The summed E-state index contributed by atoms with van der Waals surface area (Å²) >= 11 is 0. The monoisotopic (exact) mass is 351 g/mol. The first-order valence-electron chi connectivity index (χ1n) is 7.96. The lowest BCUT2D eigenvalue weighted by Gasteiger charge is -2.12. The van der Waals surface area contributed by atoms with Crippen molar-refractivity contribution in [2.75, 3.05) is 0 Å². The highest BCUT2D eigenvalue weighted by atomic mass is 19.1. The van der Waals surface area contributed by atoms with Crippen molar-refractivity contribution in [2.45, 2.75) is 13.0 Å². The molecule has 0 saturated heterocycles. The number of nitrogens with one attached hydrogen (secondary N) is 2. The van der Waals surface area contributed by atoms with E-state index >= 15 is 0 Å². The Morgan fingerprint density at radius 2 is 2.08 bits per heavy atom. The first-order valence-corrected chi connectivity index (χ1v) is 7.96. The van der Waals surface area contributed by atoms with E-state index < -0.39 is 23.2 Å². The Morgan fingerprint density at radius 1 is 1.23 bits per heavy atom. The maximum Gasteiger partial charge on any atom is 0.257 e. The van der Waals surface area contributed by atoms with Gasteiger partial charge >= 0.3 is 0 Å². The highest BCUT2D eigenvalue weighted by Gasteiger charge is 2.19. The molecule has 0 aliphatic heterocycles. The minimum Gasteiger partial charge on any atom is -0.358 e. The molecule has 0 saturated carbocycles. The van der Waals surface area contributed by atoms with E-state index in [-0.39, 0.29) is 16.5 Å². The third kappa shape index (κ3) is 2.52. The zero-order valence-corrected chi connectivity index (χ0v) is 13.7. The molecule has 3 aromatic heterocycles. The van der Waals surface area contributed by atoms with Crippen LogP contribution in [0, 0.1) is 5.82 Å². The smallest absolute Gasteiger partial charge is 0.257 e. The molecule has 0 aliphatic rings. The minimum absolute atomic E-state index is 0.0746. The lowest BCUT2D eigenvalue weighted by molar-refractivity contribution is 0.0937. The summed E-state index contributed by atoms with van der Waals surface area (Å²) in [6.07, 6.45) is 3.01. The normalized spacial score (nSPS) is 12.4. The fourth-order valence-corrected chi connectivity index (χ4v) is 2.88. The van der Waals surface area contributed by atoms with Crippen LogP contribution in [-0.4, -0.2) is 25.5 Å². The van der Waals surface area contributed by atoms with Crippen LogP contribution in [0.15, 0.2) is 53.6 Å². The van der Waals surface area contributed by atoms with Crippen molar-refractivity contribution < 1.29 is 9.18 Å². The van der Waals surface area contributed by atoms with Crippen LogP contribution in [0.5, 0.6) is 0 Å². The predicted octanol–water partition coefficient (Wildman–Crippen LogP) is 2.20. The van der Waals surface area contributed by atoms with Crippen molar-refractivity contribution in [3.05, 3.63) is 76.2 Å². The largest absolute Gasteiger partial charge is 0.358 e. The number of nitrogens with zero attached hydrogens (tertiary/aromatic N) is 3. The number of carbonyl (C=O) groups excluding carboxylic acids is 1. The Hall–Kier alpha value is -3.55. The first-order chi connectivity index (χ1) is 12.6. The number of para-hydroxylation sites is 1. The molecule has 0 aliphatic carbocycles. The Bertz CT molecular complexity index is 1200. The van der Waals surface area contributed by atoms with Crippen LogP contribution in [-0.2, 0) is 0 Å². The number of benzene rings is 1. The summed E-state index contributed by atoms with van der Waals surface area (Å²) in [5.74, 6) is -0.579. The third-order valence-corrected chi connectivity index (χ3v) is 4.18. The van der Waals surface area contributed by atoms with Crippen molar-refractivity contribution in [1.29, 1.82) is 0 Å². The summed E-state index contributed by atoms with van der Waals surface area (Å²) in [5.41, 5.74) is 0.103. The van der Waals surface area contributed by atoms with Crippen LogP contribution in [0.3, 0.4) is 0 Å². The van der Waals surface area contributed by atoms with Crippen LogP contribution >= 0.6 is 0 Å². The molecule has 3 heterocycles. The Labute approximate surface area is 146 Å². The van der Waals surface area contributed by atoms with Crippen molar-refractivity contribution in [3.8, 4) is 0 Å². The van der Waals surface area contributed by atoms with Gasteiger partial charge in [-0.1, -0.05) is 12.1 Å². The van der Waals surface area contributed by atoms with Gasteiger partial charge in [0.2, 0.25) is 5.43 Å². The number of hydrogen-bond donors (Lipinski definition) is 2. The molecular weight excluding hydrogens is 337 g/mol. The van der Waals surface area contributed by atoms with Crippen LogP contribution in [0.2, 0.25) is 0 Å². The molecule has 7 nitrogen and oxygen atoms in total. The molecule has 4 rings (SSSR count). The van der Waals surface area contributed by atoms with E-state index in [2.05, 4.69) is 20.5 Å². The standard InChI is InChI=1S/C18H14FN5O2/c1-10(17-23-22-14-7-2-3-8-24(14)17)21-18(26)12-9-20-15-11(16(12)25)5-4-6-13(15)19/h2-10H,1H3,(H,20,25)(H,21,26)/t10-/m0/s1. The minimum atomic E-state index is -0.572. The SMILES string of the molecule is C[C@H](NC(=O)c1c[nH]c2c(F)cccc2c1=O)c1nnc2ccccn12. The number of hydrogen-bond acceptors (Lipinski definition) is 4. The molecule has 4 aromatic rings. The second kappa shape index (κ2) is 6.07. The number of halogens is 1. The molecule has 0 fully saturated rings. The second-order valence-electron chi connectivity index (χ2n) is 5.88. The van der Waals surface area contributed by atoms with E-state index in [1.54, 1.807) is 23.6 Å². The van der Waals surface area contributed by atoms with E-state index in [4.69, 9.17) is 0 Å². The molecule has 0 bridgehead atoms. The second-order valence-corrected chi connectivity index (χ2v) is 5.88. The molecule has 1 aromatic carbocycles. The van der Waals surface area contributed by atoms with Crippen LogP contribution in [0.25, 0.3) is 16.6 Å². The van der Waals surface area contributed by atoms with Gasteiger partial charge in [-0.05, 0) is 31.2 Å². The Balaban J connectivity index is 1.67. The zero-order chi connectivity index (χ0) is 18.3. The highest BCUT2D eigenvalue weighted by Crippen LogP contribution is 2.14. The summed E-state index contributed by atoms with van der Waals surface area (Å²) in [5, 5.41) is 11.0. The maximum absolute atomic E-state index is 13.8. The number of H-pyrrole nitrogens is 1. The number of amides is 1. The van der Waals surface area contributed by atoms with E-state index in [9.17, 15) is 14.0 Å². The van der Waals surface area contributed by atoms with Gasteiger partial charge in [-0.25, -0.2) is 4.39 Å². The number of pyridine rings is 2. The van der Waals surface area contributed by atoms with Gasteiger partial charge in [-0.15, -0.1) is 10.2 Å². The van der Waals surface area contributed by atoms with Crippen molar-refractivity contribution in [1.82, 2.24) is 24.9 Å². The van der Waals surface area contributed by atoms with E-state index in [0.717, 1.165) is 0 Å². The average molecular weight is 351 g/mol. The van der Waals surface area contributed by atoms with Crippen LogP contribution in [0.4, 0.5) is 4.39 Å². The Kier molecular flexibility index (Phi) is 3.72. The zero-order valence-electron chi connectivity index (χ0n) is 13.7. The number of aromatic nitrogens is 4. The van der Waals surface area contributed by atoms with E-state index in [1.165, 1.54) is 24.4 Å². The van der Waals surface area contributed by atoms with Crippen LogP contribution in [0.1, 0.15) is 29.1 Å². The molecule has 2 N–H and O–H groups in total. The van der Waals surface area contributed by atoms with Gasteiger partial charge in [0.25, 0.3) is 5.91 Å². The lowest BCUT2D eigenvalue weighted by atomic mass is 10.1. The molecule has 8 heteroatoms. The molecule has 0 spiro atoms. The maximum atomic E-state index is 13.8. The van der Waals surface area contributed by atoms with Crippen LogP contribution < -0.4 is 10.7 Å². The molecule has 1 amide bonds.